The van der Waals surface area contributed by atoms with Crippen molar-refractivity contribution in [1.82, 2.24) is 0 Å². The van der Waals surface area contributed by atoms with Gasteiger partial charge in [0.15, 0.2) is 0 Å². The van der Waals surface area contributed by atoms with Crippen LogP contribution in [0, 0.1) is 0 Å². The Morgan fingerprint density at radius 1 is 1.11 bits per heavy atom. The summed E-state index contributed by atoms with van der Waals surface area (Å²) in [6.07, 6.45) is 0. The standard InChI is InChI=1S/C14H12BrCl2NO/c1-19-14-5-3-11(17)7-13(14)18-8-9-6-10(16)2-4-12(9)15/h2-7,18H,8H2,1H3. The van der Waals surface area contributed by atoms with E-state index < -0.39 is 0 Å². The lowest BCUT2D eigenvalue weighted by Gasteiger charge is -2.12. The quantitative estimate of drug-likeness (QED) is 0.790. The van der Waals surface area contributed by atoms with Gasteiger partial charge in [-0.3, -0.25) is 0 Å². The van der Waals surface area contributed by atoms with Gasteiger partial charge in [0.2, 0.25) is 0 Å². The summed E-state index contributed by atoms with van der Waals surface area (Å²) in [5, 5.41) is 4.66. The molecule has 0 saturated carbocycles. The summed E-state index contributed by atoms with van der Waals surface area (Å²) in [4.78, 5) is 0. The highest BCUT2D eigenvalue weighted by Gasteiger charge is 2.05. The molecule has 0 radical (unpaired) electrons. The summed E-state index contributed by atoms with van der Waals surface area (Å²) in [6, 6.07) is 11.1. The minimum absolute atomic E-state index is 0.623. The highest BCUT2D eigenvalue weighted by Crippen LogP contribution is 2.29. The molecule has 0 bridgehead atoms. The molecule has 19 heavy (non-hydrogen) atoms. The van der Waals surface area contributed by atoms with Crippen molar-refractivity contribution in [2.45, 2.75) is 6.54 Å². The van der Waals surface area contributed by atoms with E-state index in [0.29, 0.717) is 16.6 Å². The molecule has 2 rings (SSSR count). The lowest BCUT2D eigenvalue weighted by molar-refractivity contribution is 0.416. The summed E-state index contributed by atoms with van der Waals surface area (Å²) in [6.45, 7) is 0.623. The van der Waals surface area contributed by atoms with Gasteiger partial charge < -0.3 is 10.1 Å². The number of methoxy groups -OCH3 is 1. The lowest BCUT2D eigenvalue weighted by atomic mass is 10.2. The predicted molar refractivity (Wildman–Crippen MR) is 84.5 cm³/mol. The van der Waals surface area contributed by atoms with Crippen LogP contribution in [0.1, 0.15) is 5.56 Å². The molecule has 5 heteroatoms. The van der Waals surface area contributed by atoms with Crippen molar-refractivity contribution in [2.75, 3.05) is 12.4 Å². The van der Waals surface area contributed by atoms with Gasteiger partial charge in [0.05, 0.1) is 12.8 Å². The van der Waals surface area contributed by atoms with E-state index in [1.54, 1.807) is 13.2 Å². The number of hydrogen-bond donors (Lipinski definition) is 1. The van der Waals surface area contributed by atoms with Gasteiger partial charge in [0, 0.05) is 21.1 Å². The van der Waals surface area contributed by atoms with Crippen LogP contribution in [0.3, 0.4) is 0 Å². The molecule has 1 N–H and O–H groups in total. The van der Waals surface area contributed by atoms with E-state index in [1.165, 1.54) is 0 Å². The number of hydrogen-bond acceptors (Lipinski definition) is 2. The van der Waals surface area contributed by atoms with Crippen LogP contribution >= 0.6 is 39.1 Å². The Bertz CT molecular complexity index is 590. The maximum atomic E-state index is 5.99. The maximum absolute atomic E-state index is 5.99. The average Bonchev–Trinajstić information content (AvgIpc) is 2.40. The summed E-state index contributed by atoms with van der Waals surface area (Å²) < 4.78 is 6.29. The molecule has 0 aliphatic heterocycles. The molecule has 0 heterocycles. The zero-order valence-corrected chi connectivity index (χ0v) is 13.3. The molecule has 100 valence electrons. The molecule has 0 aromatic heterocycles. The second-order valence-corrected chi connectivity index (χ2v) is 5.66. The van der Waals surface area contributed by atoms with Crippen LogP contribution in [0.15, 0.2) is 40.9 Å². The third kappa shape index (κ3) is 3.78. The lowest BCUT2D eigenvalue weighted by Crippen LogP contribution is -2.02. The van der Waals surface area contributed by atoms with Crippen molar-refractivity contribution in [1.29, 1.82) is 0 Å². The van der Waals surface area contributed by atoms with Gasteiger partial charge in [0.25, 0.3) is 0 Å². The van der Waals surface area contributed by atoms with Crippen molar-refractivity contribution in [2.24, 2.45) is 0 Å². The maximum Gasteiger partial charge on any atom is 0.142 e. The van der Waals surface area contributed by atoms with E-state index in [-0.39, 0.29) is 0 Å². The number of benzene rings is 2. The minimum Gasteiger partial charge on any atom is -0.495 e. The predicted octanol–water partition coefficient (Wildman–Crippen LogP) is 5.38. The molecule has 2 nitrogen and oxygen atoms in total. The summed E-state index contributed by atoms with van der Waals surface area (Å²) in [5.41, 5.74) is 1.91. The van der Waals surface area contributed by atoms with Crippen LogP contribution in [0.25, 0.3) is 0 Å². The topological polar surface area (TPSA) is 21.3 Å². The SMILES string of the molecule is COc1ccc(Cl)cc1NCc1cc(Cl)ccc1Br. The van der Waals surface area contributed by atoms with Crippen molar-refractivity contribution in [3.05, 3.63) is 56.5 Å². The Kier molecular flexibility index (Phi) is 4.97. The van der Waals surface area contributed by atoms with E-state index >= 15 is 0 Å². The fourth-order valence-electron chi connectivity index (χ4n) is 1.69. The Morgan fingerprint density at radius 3 is 2.53 bits per heavy atom. The zero-order valence-electron chi connectivity index (χ0n) is 10.2. The van der Waals surface area contributed by atoms with Crippen LogP contribution in [-0.4, -0.2) is 7.11 Å². The minimum atomic E-state index is 0.623. The van der Waals surface area contributed by atoms with Crippen molar-refractivity contribution in [3.63, 3.8) is 0 Å². The van der Waals surface area contributed by atoms with Crippen molar-refractivity contribution < 1.29 is 4.74 Å². The number of nitrogens with one attached hydrogen (secondary N) is 1. The summed E-state index contributed by atoms with van der Waals surface area (Å²) in [5.74, 6) is 0.752. The third-order valence-electron chi connectivity index (χ3n) is 2.64. The second kappa shape index (κ2) is 6.51. The fraction of sp³-hybridized carbons (Fsp3) is 0.143. The largest absolute Gasteiger partial charge is 0.495 e. The monoisotopic (exact) mass is 359 g/mol. The molecular formula is C14H12BrCl2NO. The summed E-state index contributed by atoms with van der Waals surface area (Å²) in [7, 11) is 1.63. The molecule has 0 aliphatic carbocycles. The Morgan fingerprint density at radius 2 is 1.79 bits per heavy atom. The van der Waals surface area contributed by atoms with Crippen LogP contribution in [0.4, 0.5) is 5.69 Å². The van der Waals surface area contributed by atoms with Crippen LogP contribution in [0.5, 0.6) is 5.75 Å². The number of ether oxygens (including phenoxy) is 1. The molecule has 0 unspecified atom stereocenters. The van der Waals surface area contributed by atoms with E-state index in [2.05, 4.69) is 21.2 Å². The molecular weight excluding hydrogens is 349 g/mol. The molecule has 0 saturated heterocycles. The van der Waals surface area contributed by atoms with Gasteiger partial charge in [-0.1, -0.05) is 39.1 Å². The van der Waals surface area contributed by atoms with E-state index in [0.717, 1.165) is 21.5 Å². The number of halogens is 3. The Balaban J connectivity index is 2.18. The zero-order chi connectivity index (χ0) is 13.8. The number of anilines is 1. The van der Waals surface area contributed by atoms with Gasteiger partial charge >= 0.3 is 0 Å². The Labute approximate surface area is 130 Å². The smallest absolute Gasteiger partial charge is 0.142 e. The van der Waals surface area contributed by atoms with Crippen LogP contribution < -0.4 is 10.1 Å². The molecule has 0 atom stereocenters. The molecule has 0 spiro atoms. The first-order chi connectivity index (χ1) is 9.10. The van der Waals surface area contributed by atoms with Gasteiger partial charge in [-0.2, -0.15) is 0 Å². The van der Waals surface area contributed by atoms with Crippen LogP contribution in [-0.2, 0) is 6.54 Å². The molecule has 0 amide bonds. The van der Waals surface area contributed by atoms with Gasteiger partial charge in [-0.15, -0.1) is 0 Å². The van der Waals surface area contributed by atoms with Crippen molar-refractivity contribution >= 4 is 44.8 Å². The summed E-state index contributed by atoms with van der Waals surface area (Å²) >= 11 is 15.5. The van der Waals surface area contributed by atoms with E-state index in [4.69, 9.17) is 27.9 Å². The first-order valence-electron chi connectivity index (χ1n) is 5.61. The molecule has 2 aromatic carbocycles. The van der Waals surface area contributed by atoms with Gasteiger partial charge in [-0.25, -0.2) is 0 Å². The molecule has 2 aromatic rings. The van der Waals surface area contributed by atoms with Crippen molar-refractivity contribution in [3.8, 4) is 5.75 Å². The van der Waals surface area contributed by atoms with Gasteiger partial charge in [0.1, 0.15) is 5.75 Å². The first-order valence-corrected chi connectivity index (χ1v) is 7.16. The molecule has 0 fully saturated rings. The third-order valence-corrected chi connectivity index (χ3v) is 3.88. The second-order valence-electron chi connectivity index (χ2n) is 3.93. The Hall–Kier alpha value is -0.900. The fourth-order valence-corrected chi connectivity index (χ4v) is 2.44. The van der Waals surface area contributed by atoms with Gasteiger partial charge in [-0.05, 0) is 42.0 Å². The highest BCUT2D eigenvalue weighted by molar-refractivity contribution is 9.10. The van der Waals surface area contributed by atoms with Crippen LogP contribution in [0.2, 0.25) is 10.0 Å². The normalized spacial score (nSPS) is 10.3. The average molecular weight is 361 g/mol. The highest BCUT2D eigenvalue weighted by atomic mass is 79.9. The first kappa shape index (κ1) is 14.5. The van der Waals surface area contributed by atoms with E-state index in [1.807, 2.05) is 30.3 Å². The number of rotatable bonds is 4. The molecule has 0 aliphatic rings. The van der Waals surface area contributed by atoms with E-state index in [9.17, 15) is 0 Å².